The standard InChI is InChI=1S/C11H14N2O/c1-7(12)8-2-4-10-9(6-8)3-5-11(14)13-10/h2,4,6-7H,3,5,12H2,1H3,(H,13,14)/t7-/m0/s1. The van der Waals surface area contributed by atoms with Gasteiger partial charge in [0.25, 0.3) is 0 Å². The van der Waals surface area contributed by atoms with Crippen molar-refractivity contribution < 1.29 is 4.79 Å². The van der Waals surface area contributed by atoms with Crippen LogP contribution < -0.4 is 11.1 Å². The van der Waals surface area contributed by atoms with Crippen LogP contribution in [0.4, 0.5) is 5.69 Å². The van der Waals surface area contributed by atoms with Gasteiger partial charge < -0.3 is 11.1 Å². The number of fused-ring (bicyclic) bond motifs is 1. The predicted molar refractivity (Wildman–Crippen MR) is 56.0 cm³/mol. The van der Waals surface area contributed by atoms with Crippen LogP contribution in [0.3, 0.4) is 0 Å². The second kappa shape index (κ2) is 3.42. The lowest BCUT2D eigenvalue weighted by molar-refractivity contribution is -0.116. The molecule has 1 atom stereocenters. The Bertz CT molecular complexity index is 372. The molecule has 3 heteroatoms. The monoisotopic (exact) mass is 190 g/mol. The average molecular weight is 190 g/mol. The van der Waals surface area contributed by atoms with Crippen molar-refractivity contribution in [1.82, 2.24) is 0 Å². The summed E-state index contributed by atoms with van der Waals surface area (Å²) in [6.45, 7) is 1.96. The maximum atomic E-state index is 11.1. The van der Waals surface area contributed by atoms with E-state index in [0.717, 1.165) is 17.7 Å². The molecule has 0 aliphatic carbocycles. The Labute approximate surface area is 83.3 Å². The lowest BCUT2D eigenvalue weighted by atomic mass is 9.98. The molecule has 2 rings (SSSR count). The normalized spacial score (nSPS) is 17.1. The lowest BCUT2D eigenvalue weighted by Crippen LogP contribution is -2.19. The van der Waals surface area contributed by atoms with Crippen LogP contribution in [0.25, 0.3) is 0 Å². The van der Waals surface area contributed by atoms with Gasteiger partial charge in [0.2, 0.25) is 5.91 Å². The summed E-state index contributed by atoms with van der Waals surface area (Å²) in [6.07, 6.45) is 1.40. The lowest BCUT2D eigenvalue weighted by Gasteiger charge is -2.18. The smallest absolute Gasteiger partial charge is 0.224 e. The molecular weight excluding hydrogens is 176 g/mol. The molecule has 74 valence electrons. The molecule has 0 unspecified atom stereocenters. The first kappa shape index (κ1) is 9.21. The first-order valence-corrected chi connectivity index (χ1v) is 4.85. The summed E-state index contributed by atoms with van der Waals surface area (Å²) >= 11 is 0. The Kier molecular flexibility index (Phi) is 2.25. The summed E-state index contributed by atoms with van der Waals surface area (Å²) in [5.41, 5.74) is 9.04. The summed E-state index contributed by atoms with van der Waals surface area (Å²) in [7, 11) is 0. The van der Waals surface area contributed by atoms with Crippen molar-refractivity contribution in [2.45, 2.75) is 25.8 Å². The second-order valence-corrected chi connectivity index (χ2v) is 3.75. The van der Waals surface area contributed by atoms with Crippen molar-refractivity contribution >= 4 is 11.6 Å². The van der Waals surface area contributed by atoms with Crippen molar-refractivity contribution in [3.05, 3.63) is 29.3 Å². The number of benzene rings is 1. The van der Waals surface area contributed by atoms with E-state index in [4.69, 9.17) is 5.73 Å². The summed E-state index contributed by atoms with van der Waals surface area (Å²) < 4.78 is 0. The molecule has 14 heavy (non-hydrogen) atoms. The zero-order chi connectivity index (χ0) is 10.1. The van der Waals surface area contributed by atoms with Gasteiger partial charge in [0.15, 0.2) is 0 Å². The van der Waals surface area contributed by atoms with Crippen molar-refractivity contribution in [2.75, 3.05) is 5.32 Å². The number of nitrogens with one attached hydrogen (secondary N) is 1. The van der Waals surface area contributed by atoms with Gasteiger partial charge in [0.1, 0.15) is 0 Å². The van der Waals surface area contributed by atoms with Crippen LogP contribution in [0.5, 0.6) is 0 Å². The van der Waals surface area contributed by atoms with Gasteiger partial charge >= 0.3 is 0 Å². The van der Waals surface area contributed by atoms with Crippen LogP contribution in [-0.2, 0) is 11.2 Å². The third-order valence-electron chi connectivity index (χ3n) is 2.55. The number of amides is 1. The SMILES string of the molecule is C[C@H](N)c1ccc2c(c1)CCC(=O)N2. The molecule has 0 radical (unpaired) electrons. The van der Waals surface area contributed by atoms with E-state index in [1.807, 2.05) is 19.1 Å². The Morgan fingerprint density at radius 1 is 1.43 bits per heavy atom. The molecular formula is C11H14N2O. The van der Waals surface area contributed by atoms with E-state index in [1.54, 1.807) is 0 Å². The highest BCUT2D eigenvalue weighted by molar-refractivity contribution is 5.93. The fourth-order valence-electron chi connectivity index (χ4n) is 1.69. The average Bonchev–Trinajstić information content (AvgIpc) is 2.16. The summed E-state index contributed by atoms with van der Waals surface area (Å²) in [5.74, 6) is 0.103. The minimum Gasteiger partial charge on any atom is -0.326 e. The fourth-order valence-corrected chi connectivity index (χ4v) is 1.69. The molecule has 0 spiro atoms. The second-order valence-electron chi connectivity index (χ2n) is 3.75. The van der Waals surface area contributed by atoms with Gasteiger partial charge in [-0.2, -0.15) is 0 Å². The van der Waals surface area contributed by atoms with E-state index in [1.165, 1.54) is 5.56 Å². The first-order valence-electron chi connectivity index (χ1n) is 4.85. The highest BCUT2D eigenvalue weighted by Crippen LogP contribution is 2.25. The third kappa shape index (κ3) is 1.63. The zero-order valence-electron chi connectivity index (χ0n) is 8.21. The quantitative estimate of drug-likeness (QED) is 0.706. The van der Waals surface area contributed by atoms with Crippen LogP contribution in [0.2, 0.25) is 0 Å². The minimum atomic E-state index is 0.0536. The number of carbonyl (C=O) groups excluding carboxylic acids is 1. The van der Waals surface area contributed by atoms with E-state index in [-0.39, 0.29) is 11.9 Å². The number of carbonyl (C=O) groups is 1. The number of rotatable bonds is 1. The zero-order valence-corrected chi connectivity index (χ0v) is 8.21. The molecule has 0 saturated heterocycles. The predicted octanol–water partition coefficient (Wildman–Crippen LogP) is 1.59. The number of anilines is 1. The molecule has 1 aromatic rings. The Balaban J connectivity index is 2.36. The molecule has 0 bridgehead atoms. The maximum absolute atomic E-state index is 11.1. The van der Waals surface area contributed by atoms with Gasteiger partial charge in [0, 0.05) is 18.2 Å². The van der Waals surface area contributed by atoms with Gasteiger partial charge in [-0.05, 0) is 30.5 Å². The molecule has 0 aromatic heterocycles. The van der Waals surface area contributed by atoms with Crippen LogP contribution in [0.1, 0.15) is 30.5 Å². The Morgan fingerprint density at radius 3 is 2.93 bits per heavy atom. The summed E-state index contributed by atoms with van der Waals surface area (Å²) in [4.78, 5) is 11.1. The van der Waals surface area contributed by atoms with Crippen LogP contribution in [-0.4, -0.2) is 5.91 Å². The van der Waals surface area contributed by atoms with Gasteiger partial charge in [-0.1, -0.05) is 12.1 Å². The van der Waals surface area contributed by atoms with Gasteiger partial charge in [0.05, 0.1) is 0 Å². The van der Waals surface area contributed by atoms with Crippen LogP contribution in [0.15, 0.2) is 18.2 Å². The van der Waals surface area contributed by atoms with Crippen molar-refractivity contribution in [1.29, 1.82) is 0 Å². The third-order valence-corrected chi connectivity index (χ3v) is 2.55. The van der Waals surface area contributed by atoms with Crippen molar-refractivity contribution in [3.63, 3.8) is 0 Å². The van der Waals surface area contributed by atoms with Gasteiger partial charge in [-0.15, -0.1) is 0 Å². The van der Waals surface area contributed by atoms with Crippen LogP contribution >= 0.6 is 0 Å². The van der Waals surface area contributed by atoms with Gasteiger partial charge in [-0.3, -0.25) is 4.79 Å². The highest BCUT2D eigenvalue weighted by atomic mass is 16.1. The van der Waals surface area contributed by atoms with E-state index in [0.29, 0.717) is 6.42 Å². The number of nitrogens with two attached hydrogens (primary N) is 1. The Hall–Kier alpha value is -1.35. The summed E-state index contributed by atoms with van der Waals surface area (Å²) in [6, 6.07) is 6.04. The number of aryl methyl sites for hydroxylation is 1. The topological polar surface area (TPSA) is 55.1 Å². The highest BCUT2D eigenvalue weighted by Gasteiger charge is 2.15. The summed E-state index contributed by atoms with van der Waals surface area (Å²) in [5, 5.41) is 2.85. The first-order chi connectivity index (χ1) is 6.66. The molecule has 3 N–H and O–H groups in total. The van der Waals surface area contributed by atoms with Crippen molar-refractivity contribution in [3.8, 4) is 0 Å². The molecule has 1 aromatic carbocycles. The fraction of sp³-hybridized carbons (Fsp3) is 0.364. The van der Waals surface area contributed by atoms with Gasteiger partial charge in [-0.25, -0.2) is 0 Å². The van der Waals surface area contributed by atoms with Crippen LogP contribution in [0, 0.1) is 0 Å². The van der Waals surface area contributed by atoms with E-state index in [2.05, 4.69) is 11.4 Å². The van der Waals surface area contributed by atoms with Crippen molar-refractivity contribution in [2.24, 2.45) is 5.73 Å². The molecule has 0 fully saturated rings. The number of hydrogen-bond donors (Lipinski definition) is 2. The molecule has 0 saturated carbocycles. The van der Waals surface area contributed by atoms with E-state index >= 15 is 0 Å². The number of hydrogen-bond acceptors (Lipinski definition) is 2. The minimum absolute atomic E-state index is 0.0536. The molecule has 1 heterocycles. The molecule has 1 aliphatic heterocycles. The Morgan fingerprint density at radius 2 is 2.21 bits per heavy atom. The molecule has 1 aliphatic rings. The maximum Gasteiger partial charge on any atom is 0.224 e. The van der Waals surface area contributed by atoms with E-state index in [9.17, 15) is 4.79 Å². The van der Waals surface area contributed by atoms with E-state index < -0.39 is 0 Å². The largest absolute Gasteiger partial charge is 0.326 e. The molecule has 1 amide bonds. The molecule has 3 nitrogen and oxygen atoms in total.